The number of aliphatic carboxylic acids is 1. The number of nitrogens with zero attached hydrogens (tertiary/aromatic N) is 3. The molecule has 0 saturated carbocycles. The van der Waals surface area contributed by atoms with Crippen molar-refractivity contribution in [1.82, 2.24) is 14.9 Å². The predicted octanol–water partition coefficient (Wildman–Crippen LogP) is 3.15. The first-order valence-corrected chi connectivity index (χ1v) is 8.87. The average molecular weight is 361 g/mol. The van der Waals surface area contributed by atoms with E-state index in [-0.39, 0.29) is 12.5 Å². The van der Waals surface area contributed by atoms with Gasteiger partial charge in [0, 0.05) is 36.4 Å². The Hall–Kier alpha value is -3.28. The van der Waals surface area contributed by atoms with E-state index >= 15 is 0 Å². The van der Waals surface area contributed by atoms with Crippen LogP contribution in [0.1, 0.15) is 22.3 Å². The van der Waals surface area contributed by atoms with E-state index in [1.807, 2.05) is 37.3 Å². The van der Waals surface area contributed by atoms with Gasteiger partial charge in [0.2, 0.25) is 0 Å². The Kier molecular flexibility index (Phi) is 4.32. The summed E-state index contributed by atoms with van der Waals surface area (Å²) < 4.78 is 0. The van der Waals surface area contributed by atoms with E-state index < -0.39 is 11.9 Å². The highest BCUT2D eigenvalue weighted by atomic mass is 16.4. The number of pyridine rings is 2. The quantitative estimate of drug-likeness (QED) is 0.775. The molecule has 2 aromatic heterocycles. The van der Waals surface area contributed by atoms with Crippen LogP contribution in [0.3, 0.4) is 0 Å². The minimum Gasteiger partial charge on any atom is -0.481 e. The first-order valence-electron chi connectivity index (χ1n) is 8.87. The van der Waals surface area contributed by atoms with Crippen molar-refractivity contribution in [1.29, 1.82) is 0 Å². The topological polar surface area (TPSA) is 83.4 Å². The van der Waals surface area contributed by atoms with Crippen LogP contribution in [0, 0.1) is 12.8 Å². The molecule has 1 aliphatic heterocycles. The van der Waals surface area contributed by atoms with Crippen LogP contribution in [0.4, 0.5) is 0 Å². The lowest BCUT2D eigenvalue weighted by molar-refractivity contribution is -0.141. The van der Waals surface area contributed by atoms with Crippen LogP contribution >= 0.6 is 0 Å². The van der Waals surface area contributed by atoms with Gasteiger partial charge >= 0.3 is 5.97 Å². The van der Waals surface area contributed by atoms with Gasteiger partial charge in [-0.3, -0.25) is 14.6 Å². The van der Waals surface area contributed by atoms with Crippen molar-refractivity contribution in [3.63, 3.8) is 0 Å². The maximum absolute atomic E-state index is 13.2. The number of likely N-dealkylation sites (tertiary alicyclic amines) is 1. The standard InChI is InChI=1S/C21H19N3O3/c1-13-4-5-18-16(9-13)17(10-19(23-18)14-3-2-7-22-11-14)20(25)24-8-6-15(12-24)21(26)27/h2-5,7,9-11,15H,6,8,12H2,1H3,(H,26,27)/t15-/m0/s1. The molecular formula is C21H19N3O3. The summed E-state index contributed by atoms with van der Waals surface area (Å²) in [6.45, 7) is 2.67. The average Bonchev–Trinajstić information content (AvgIpc) is 3.18. The number of aromatic nitrogens is 2. The number of aryl methyl sites for hydroxylation is 1. The normalized spacial score (nSPS) is 16.6. The van der Waals surface area contributed by atoms with E-state index in [2.05, 4.69) is 4.98 Å². The maximum atomic E-state index is 13.2. The molecule has 27 heavy (non-hydrogen) atoms. The van der Waals surface area contributed by atoms with Crippen molar-refractivity contribution in [3.05, 3.63) is 59.9 Å². The molecule has 136 valence electrons. The van der Waals surface area contributed by atoms with Crippen LogP contribution < -0.4 is 0 Å². The zero-order valence-electron chi connectivity index (χ0n) is 14.9. The molecule has 6 heteroatoms. The molecule has 1 saturated heterocycles. The number of carbonyl (C=O) groups is 2. The summed E-state index contributed by atoms with van der Waals surface area (Å²) in [5.41, 5.74) is 3.83. The van der Waals surface area contributed by atoms with Crippen LogP contribution in [0.5, 0.6) is 0 Å². The van der Waals surface area contributed by atoms with Gasteiger partial charge in [-0.25, -0.2) is 4.98 Å². The van der Waals surface area contributed by atoms with Crippen molar-refractivity contribution in [2.75, 3.05) is 13.1 Å². The molecule has 1 aromatic carbocycles. The Morgan fingerprint density at radius 3 is 2.78 bits per heavy atom. The van der Waals surface area contributed by atoms with Gasteiger partial charge in [-0.2, -0.15) is 0 Å². The van der Waals surface area contributed by atoms with E-state index in [4.69, 9.17) is 4.98 Å². The fourth-order valence-electron chi connectivity index (χ4n) is 3.50. The van der Waals surface area contributed by atoms with Gasteiger partial charge < -0.3 is 10.0 Å². The highest BCUT2D eigenvalue weighted by molar-refractivity contribution is 6.07. The van der Waals surface area contributed by atoms with Crippen LogP contribution in [-0.2, 0) is 4.79 Å². The second-order valence-corrected chi connectivity index (χ2v) is 6.89. The summed E-state index contributed by atoms with van der Waals surface area (Å²) in [7, 11) is 0. The molecule has 4 rings (SSSR count). The third kappa shape index (κ3) is 3.26. The van der Waals surface area contributed by atoms with Gasteiger partial charge in [0.25, 0.3) is 5.91 Å². The monoisotopic (exact) mass is 361 g/mol. The summed E-state index contributed by atoms with van der Waals surface area (Å²) in [5.74, 6) is -1.50. The number of carbonyl (C=O) groups excluding carboxylic acids is 1. The molecule has 1 aliphatic rings. The van der Waals surface area contributed by atoms with Crippen molar-refractivity contribution in [3.8, 4) is 11.3 Å². The molecular weight excluding hydrogens is 342 g/mol. The Morgan fingerprint density at radius 1 is 1.22 bits per heavy atom. The number of rotatable bonds is 3. The van der Waals surface area contributed by atoms with E-state index in [1.54, 1.807) is 23.4 Å². The zero-order chi connectivity index (χ0) is 19.0. The number of fused-ring (bicyclic) bond motifs is 1. The number of amides is 1. The van der Waals surface area contributed by atoms with Gasteiger partial charge in [0.05, 0.1) is 22.7 Å². The predicted molar refractivity (Wildman–Crippen MR) is 101 cm³/mol. The van der Waals surface area contributed by atoms with Gasteiger partial charge in [-0.1, -0.05) is 11.6 Å². The number of hydrogen-bond donors (Lipinski definition) is 1. The number of carboxylic acids is 1. The smallest absolute Gasteiger partial charge is 0.308 e. The summed E-state index contributed by atoms with van der Waals surface area (Å²) in [6.07, 6.45) is 3.89. The lowest BCUT2D eigenvalue weighted by atomic mass is 10.0. The zero-order valence-corrected chi connectivity index (χ0v) is 14.9. The first kappa shape index (κ1) is 17.1. The third-order valence-electron chi connectivity index (χ3n) is 4.98. The second kappa shape index (κ2) is 6.79. The van der Waals surface area contributed by atoms with Crippen LogP contribution in [-0.4, -0.2) is 44.9 Å². The summed E-state index contributed by atoms with van der Waals surface area (Å²) in [6, 6.07) is 11.3. The molecule has 1 amide bonds. The summed E-state index contributed by atoms with van der Waals surface area (Å²) >= 11 is 0. The Balaban J connectivity index is 1.81. The van der Waals surface area contributed by atoms with Gasteiger partial charge in [-0.05, 0) is 43.7 Å². The fourth-order valence-corrected chi connectivity index (χ4v) is 3.50. The molecule has 3 aromatic rings. The molecule has 0 unspecified atom stereocenters. The first-order chi connectivity index (χ1) is 13.0. The van der Waals surface area contributed by atoms with Crippen molar-refractivity contribution in [2.45, 2.75) is 13.3 Å². The second-order valence-electron chi connectivity index (χ2n) is 6.89. The van der Waals surface area contributed by atoms with Crippen molar-refractivity contribution >= 4 is 22.8 Å². The largest absolute Gasteiger partial charge is 0.481 e. The molecule has 0 aliphatic carbocycles. The third-order valence-corrected chi connectivity index (χ3v) is 4.98. The van der Waals surface area contributed by atoms with Crippen LogP contribution in [0.2, 0.25) is 0 Å². The van der Waals surface area contributed by atoms with E-state index in [0.29, 0.717) is 24.2 Å². The Bertz CT molecular complexity index is 1030. The Labute approximate surface area is 156 Å². The molecule has 0 bridgehead atoms. The molecule has 3 heterocycles. The minimum atomic E-state index is -0.850. The van der Waals surface area contributed by atoms with E-state index in [1.165, 1.54) is 0 Å². The molecule has 0 radical (unpaired) electrons. The summed E-state index contributed by atoms with van der Waals surface area (Å²) in [5, 5.41) is 10.0. The van der Waals surface area contributed by atoms with Crippen molar-refractivity contribution < 1.29 is 14.7 Å². The van der Waals surface area contributed by atoms with Gasteiger partial charge in [-0.15, -0.1) is 0 Å². The number of benzene rings is 1. The fraction of sp³-hybridized carbons (Fsp3) is 0.238. The lowest BCUT2D eigenvalue weighted by Crippen LogP contribution is -2.30. The lowest BCUT2D eigenvalue weighted by Gasteiger charge is -2.18. The number of carboxylic acid groups (broad SMARTS) is 1. The van der Waals surface area contributed by atoms with Crippen molar-refractivity contribution in [2.24, 2.45) is 5.92 Å². The highest BCUT2D eigenvalue weighted by Crippen LogP contribution is 2.28. The molecule has 1 N–H and O–H groups in total. The molecule has 0 spiro atoms. The Morgan fingerprint density at radius 2 is 2.07 bits per heavy atom. The molecule has 6 nitrogen and oxygen atoms in total. The molecule has 1 atom stereocenters. The van der Waals surface area contributed by atoms with E-state index in [0.717, 1.165) is 22.0 Å². The number of hydrogen-bond acceptors (Lipinski definition) is 4. The van der Waals surface area contributed by atoms with Crippen LogP contribution in [0.15, 0.2) is 48.8 Å². The minimum absolute atomic E-state index is 0.151. The highest BCUT2D eigenvalue weighted by Gasteiger charge is 2.32. The van der Waals surface area contributed by atoms with Crippen LogP contribution in [0.25, 0.3) is 22.2 Å². The van der Waals surface area contributed by atoms with Gasteiger partial charge in [0.1, 0.15) is 0 Å². The van der Waals surface area contributed by atoms with E-state index in [9.17, 15) is 14.7 Å². The maximum Gasteiger partial charge on any atom is 0.308 e. The molecule has 1 fully saturated rings. The van der Waals surface area contributed by atoms with Gasteiger partial charge in [0.15, 0.2) is 0 Å². The SMILES string of the molecule is Cc1ccc2nc(-c3cccnc3)cc(C(=O)N3CC[C@H](C(=O)O)C3)c2c1. The summed E-state index contributed by atoms with van der Waals surface area (Å²) in [4.78, 5) is 34.9.